The fourth-order valence-corrected chi connectivity index (χ4v) is 3.04. The van der Waals surface area contributed by atoms with E-state index in [0.717, 1.165) is 16.9 Å². The largest absolute Gasteiger partial charge is 0.496 e. The summed E-state index contributed by atoms with van der Waals surface area (Å²) in [6.45, 7) is 3.20. The van der Waals surface area contributed by atoms with Gasteiger partial charge in [-0.2, -0.15) is 0 Å². The first-order chi connectivity index (χ1) is 14.6. The van der Waals surface area contributed by atoms with Crippen molar-refractivity contribution < 1.29 is 14.3 Å². The third-order valence-electron chi connectivity index (χ3n) is 4.56. The lowest BCUT2D eigenvalue weighted by atomic mass is 10.1. The van der Waals surface area contributed by atoms with Gasteiger partial charge in [-0.05, 0) is 37.3 Å². The van der Waals surface area contributed by atoms with Gasteiger partial charge in [-0.25, -0.2) is 4.98 Å². The van der Waals surface area contributed by atoms with E-state index in [0.29, 0.717) is 31.1 Å². The maximum Gasteiger partial charge on any atom is 0.253 e. The summed E-state index contributed by atoms with van der Waals surface area (Å²) in [6, 6.07) is 16.3. The molecular formula is C23H25N3O4. The second kappa shape index (κ2) is 10.2. The number of benzene rings is 2. The van der Waals surface area contributed by atoms with Crippen LogP contribution < -0.4 is 20.3 Å². The zero-order valence-corrected chi connectivity index (χ0v) is 17.1. The first-order valence-corrected chi connectivity index (χ1v) is 9.79. The van der Waals surface area contributed by atoms with Crippen molar-refractivity contribution in [2.45, 2.75) is 19.9 Å². The van der Waals surface area contributed by atoms with E-state index in [1.165, 1.54) is 17.0 Å². The molecule has 1 N–H and O–H groups in total. The third kappa shape index (κ3) is 5.47. The summed E-state index contributed by atoms with van der Waals surface area (Å²) in [5.74, 6) is 1.32. The monoisotopic (exact) mass is 407 g/mol. The molecule has 0 unspecified atom stereocenters. The molecule has 0 saturated heterocycles. The fraction of sp³-hybridized carbons (Fsp3) is 0.261. The van der Waals surface area contributed by atoms with Gasteiger partial charge < -0.3 is 14.8 Å². The summed E-state index contributed by atoms with van der Waals surface area (Å²) in [4.78, 5) is 29.0. The first kappa shape index (κ1) is 21.1. The molecule has 0 spiro atoms. The predicted molar refractivity (Wildman–Crippen MR) is 115 cm³/mol. The molecule has 0 fully saturated rings. The molecule has 1 heterocycles. The van der Waals surface area contributed by atoms with Crippen molar-refractivity contribution in [1.82, 2.24) is 14.9 Å². The standard InChI is InChI=1S/C23H25N3O4/c1-3-30-19-10-8-17(9-11-19)20-15-23(28)26(16-25-20)13-12-24-22(27)14-18-6-4-5-7-21(18)29-2/h4-11,15-16H,3,12-14H2,1-2H3,(H,24,27). The minimum absolute atomic E-state index is 0.133. The van der Waals surface area contributed by atoms with Crippen molar-refractivity contribution in [3.05, 3.63) is 76.8 Å². The van der Waals surface area contributed by atoms with Crippen LogP contribution in [0.25, 0.3) is 11.3 Å². The molecule has 0 saturated carbocycles. The predicted octanol–water partition coefficient (Wildman–Crippen LogP) is 2.68. The van der Waals surface area contributed by atoms with Crippen LogP contribution in [0.15, 0.2) is 65.7 Å². The zero-order valence-electron chi connectivity index (χ0n) is 17.1. The van der Waals surface area contributed by atoms with Crippen LogP contribution in [-0.4, -0.2) is 35.7 Å². The molecule has 0 aliphatic rings. The second-order valence-corrected chi connectivity index (χ2v) is 6.60. The summed E-state index contributed by atoms with van der Waals surface area (Å²) in [7, 11) is 1.58. The van der Waals surface area contributed by atoms with Gasteiger partial charge in [0.2, 0.25) is 5.91 Å². The van der Waals surface area contributed by atoms with E-state index in [4.69, 9.17) is 9.47 Å². The Morgan fingerprint density at radius 2 is 1.90 bits per heavy atom. The molecule has 7 nitrogen and oxygen atoms in total. The topological polar surface area (TPSA) is 82.5 Å². The number of amides is 1. The zero-order chi connectivity index (χ0) is 21.3. The Hall–Kier alpha value is -3.61. The number of nitrogens with zero attached hydrogens (tertiary/aromatic N) is 2. The van der Waals surface area contributed by atoms with Crippen LogP contribution in [0.5, 0.6) is 11.5 Å². The number of ether oxygens (including phenoxy) is 2. The number of hydrogen-bond donors (Lipinski definition) is 1. The van der Waals surface area contributed by atoms with Crippen LogP contribution in [0.4, 0.5) is 0 Å². The minimum atomic E-state index is -0.173. The lowest BCUT2D eigenvalue weighted by molar-refractivity contribution is -0.120. The highest BCUT2D eigenvalue weighted by molar-refractivity contribution is 5.79. The Bertz CT molecular complexity index is 1040. The molecule has 0 atom stereocenters. The normalized spacial score (nSPS) is 10.5. The number of carbonyl (C=O) groups is 1. The summed E-state index contributed by atoms with van der Waals surface area (Å²) in [6.07, 6.45) is 1.72. The van der Waals surface area contributed by atoms with Gasteiger partial charge in [0.1, 0.15) is 11.5 Å². The van der Waals surface area contributed by atoms with Gasteiger partial charge in [0.05, 0.1) is 32.2 Å². The number of rotatable bonds is 9. The van der Waals surface area contributed by atoms with Crippen molar-refractivity contribution in [2.24, 2.45) is 0 Å². The van der Waals surface area contributed by atoms with Gasteiger partial charge in [0, 0.05) is 30.3 Å². The SMILES string of the molecule is CCOc1ccc(-c2cc(=O)n(CCNC(=O)Cc3ccccc3OC)cn2)cc1. The third-order valence-corrected chi connectivity index (χ3v) is 4.56. The van der Waals surface area contributed by atoms with Gasteiger partial charge in [0.25, 0.3) is 5.56 Å². The van der Waals surface area contributed by atoms with Crippen LogP contribution in [0.3, 0.4) is 0 Å². The molecule has 30 heavy (non-hydrogen) atoms. The molecule has 156 valence electrons. The van der Waals surface area contributed by atoms with Crippen LogP contribution >= 0.6 is 0 Å². The van der Waals surface area contributed by atoms with E-state index in [-0.39, 0.29) is 17.9 Å². The summed E-state index contributed by atoms with van der Waals surface area (Å²) in [5, 5.41) is 2.83. The average Bonchev–Trinajstić information content (AvgIpc) is 2.76. The summed E-state index contributed by atoms with van der Waals surface area (Å²) < 4.78 is 12.2. The molecule has 2 aromatic carbocycles. The maximum atomic E-state index is 12.4. The van der Waals surface area contributed by atoms with Crippen molar-refractivity contribution in [3.8, 4) is 22.8 Å². The molecule has 0 aliphatic heterocycles. The molecule has 0 aliphatic carbocycles. The maximum absolute atomic E-state index is 12.4. The quantitative estimate of drug-likeness (QED) is 0.590. The molecular weight excluding hydrogens is 382 g/mol. The van der Waals surface area contributed by atoms with Crippen LogP contribution in [0, 0.1) is 0 Å². The van der Waals surface area contributed by atoms with Crippen LogP contribution in [0.1, 0.15) is 12.5 Å². The smallest absolute Gasteiger partial charge is 0.253 e. The number of nitrogens with one attached hydrogen (secondary N) is 1. The van der Waals surface area contributed by atoms with Crippen molar-refractivity contribution in [2.75, 3.05) is 20.3 Å². The van der Waals surface area contributed by atoms with E-state index < -0.39 is 0 Å². The second-order valence-electron chi connectivity index (χ2n) is 6.60. The van der Waals surface area contributed by atoms with E-state index in [1.54, 1.807) is 7.11 Å². The summed E-state index contributed by atoms with van der Waals surface area (Å²) in [5.41, 5.74) is 2.08. The van der Waals surface area contributed by atoms with E-state index in [1.807, 2.05) is 55.5 Å². The molecule has 3 rings (SSSR count). The van der Waals surface area contributed by atoms with Crippen molar-refractivity contribution >= 4 is 5.91 Å². The highest BCUT2D eigenvalue weighted by Gasteiger charge is 2.08. The Labute approximate surface area is 175 Å². The molecule has 3 aromatic rings. The van der Waals surface area contributed by atoms with Crippen molar-refractivity contribution in [1.29, 1.82) is 0 Å². The van der Waals surface area contributed by atoms with Gasteiger partial charge in [-0.3, -0.25) is 14.2 Å². The van der Waals surface area contributed by atoms with Gasteiger partial charge >= 0.3 is 0 Å². The number of methoxy groups -OCH3 is 1. The molecule has 7 heteroatoms. The minimum Gasteiger partial charge on any atom is -0.496 e. The fourth-order valence-electron chi connectivity index (χ4n) is 3.04. The van der Waals surface area contributed by atoms with Crippen LogP contribution in [0.2, 0.25) is 0 Å². The van der Waals surface area contributed by atoms with E-state index in [9.17, 15) is 9.59 Å². The molecule has 0 bridgehead atoms. The Balaban J connectivity index is 1.56. The number of carbonyl (C=O) groups excluding carboxylic acids is 1. The molecule has 1 amide bonds. The number of para-hydroxylation sites is 1. The average molecular weight is 407 g/mol. The molecule has 0 radical (unpaired) electrons. The molecule has 1 aromatic heterocycles. The highest BCUT2D eigenvalue weighted by Crippen LogP contribution is 2.19. The lowest BCUT2D eigenvalue weighted by Crippen LogP contribution is -2.31. The van der Waals surface area contributed by atoms with Gasteiger partial charge in [-0.15, -0.1) is 0 Å². The Morgan fingerprint density at radius 3 is 2.60 bits per heavy atom. The highest BCUT2D eigenvalue weighted by atomic mass is 16.5. The Kier molecular flexibility index (Phi) is 7.21. The number of hydrogen-bond acceptors (Lipinski definition) is 5. The van der Waals surface area contributed by atoms with Gasteiger partial charge in [0.15, 0.2) is 0 Å². The van der Waals surface area contributed by atoms with Gasteiger partial charge in [-0.1, -0.05) is 18.2 Å². The number of aromatic nitrogens is 2. The van der Waals surface area contributed by atoms with E-state index >= 15 is 0 Å². The Morgan fingerprint density at radius 1 is 1.13 bits per heavy atom. The summed E-state index contributed by atoms with van der Waals surface area (Å²) >= 11 is 0. The lowest BCUT2D eigenvalue weighted by Gasteiger charge is -2.10. The van der Waals surface area contributed by atoms with Crippen molar-refractivity contribution in [3.63, 3.8) is 0 Å². The van der Waals surface area contributed by atoms with E-state index in [2.05, 4.69) is 10.3 Å². The van der Waals surface area contributed by atoms with Crippen LogP contribution in [-0.2, 0) is 17.8 Å². The first-order valence-electron chi connectivity index (χ1n) is 9.79.